The van der Waals surface area contributed by atoms with E-state index in [1.165, 1.54) is 13.0 Å². The molecule has 0 spiro atoms. The third kappa shape index (κ3) is 1.49. The number of carbonyl (C=O) groups is 1. The van der Waals surface area contributed by atoms with Crippen LogP contribution in [0.2, 0.25) is 0 Å². The van der Waals surface area contributed by atoms with Crippen LogP contribution in [0.4, 0.5) is 8.78 Å². The smallest absolute Gasteiger partial charge is 0.220 e. The lowest BCUT2D eigenvalue weighted by Crippen LogP contribution is -2.28. The molecule has 2 atom stereocenters. The molecule has 3 nitrogen and oxygen atoms in total. The molecule has 3 rings (SSSR count). The van der Waals surface area contributed by atoms with Crippen LogP contribution in [-0.4, -0.2) is 23.5 Å². The van der Waals surface area contributed by atoms with Gasteiger partial charge in [-0.1, -0.05) is 0 Å². The Labute approximate surface area is 97.0 Å². The molecule has 2 unspecified atom stereocenters. The molecule has 0 aliphatic carbocycles. The van der Waals surface area contributed by atoms with Gasteiger partial charge in [-0.05, 0) is 6.07 Å². The molecule has 17 heavy (non-hydrogen) atoms. The molecule has 0 radical (unpaired) electrons. The molecule has 0 saturated carbocycles. The highest BCUT2D eigenvalue weighted by Crippen LogP contribution is 2.44. The van der Waals surface area contributed by atoms with Crippen LogP contribution in [0.1, 0.15) is 24.9 Å². The lowest BCUT2D eigenvalue weighted by Gasteiger charge is -2.26. The lowest BCUT2D eigenvalue weighted by atomic mass is 9.99. The predicted molar refractivity (Wildman–Crippen MR) is 55.5 cm³/mol. The van der Waals surface area contributed by atoms with Crippen molar-refractivity contribution in [1.82, 2.24) is 4.90 Å². The van der Waals surface area contributed by atoms with E-state index >= 15 is 0 Å². The zero-order valence-electron chi connectivity index (χ0n) is 9.24. The van der Waals surface area contributed by atoms with E-state index in [0.717, 1.165) is 6.07 Å². The van der Waals surface area contributed by atoms with Crippen molar-refractivity contribution in [2.75, 3.05) is 6.54 Å². The van der Waals surface area contributed by atoms with Crippen LogP contribution in [0, 0.1) is 11.6 Å². The van der Waals surface area contributed by atoms with E-state index < -0.39 is 11.6 Å². The number of carbonyl (C=O) groups excluding carboxylic acids is 1. The van der Waals surface area contributed by atoms with Crippen LogP contribution in [-0.2, 0) is 4.79 Å². The molecule has 2 bridgehead atoms. The van der Waals surface area contributed by atoms with Crippen LogP contribution >= 0.6 is 0 Å². The Bertz CT molecular complexity index is 504. The second-order valence-corrected chi connectivity index (χ2v) is 4.47. The maximum Gasteiger partial charge on any atom is 0.220 e. The van der Waals surface area contributed by atoms with Crippen molar-refractivity contribution in [3.63, 3.8) is 0 Å². The minimum absolute atomic E-state index is 0.0939. The molecule has 1 amide bonds. The van der Waals surface area contributed by atoms with Gasteiger partial charge in [0.15, 0.2) is 11.6 Å². The molecule has 2 heterocycles. The number of amides is 1. The molecule has 1 aromatic carbocycles. The fourth-order valence-corrected chi connectivity index (χ4v) is 2.64. The summed E-state index contributed by atoms with van der Waals surface area (Å²) in [7, 11) is 0. The van der Waals surface area contributed by atoms with E-state index in [9.17, 15) is 13.6 Å². The third-order valence-electron chi connectivity index (χ3n) is 3.35. The predicted octanol–water partition coefficient (Wildman–Crippen LogP) is 2.02. The zero-order chi connectivity index (χ0) is 12.2. The van der Waals surface area contributed by atoms with E-state index in [4.69, 9.17) is 4.74 Å². The summed E-state index contributed by atoms with van der Waals surface area (Å²) in [5.41, 5.74) is 0.437. The van der Waals surface area contributed by atoms with Gasteiger partial charge in [0, 0.05) is 25.0 Å². The summed E-state index contributed by atoms with van der Waals surface area (Å²) in [5, 5.41) is 0. The van der Waals surface area contributed by atoms with Gasteiger partial charge in [-0.3, -0.25) is 4.79 Å². The average molecular weight is 239 g/mol. The van der Waals surface area contributed by atoms with Crippen molar-refractivity contribution in [3.8, 4) is 5.75 Å². The number of ether oxygens (including phenoxy) is 1. The van der Waals surface area contributed by atoms with Gasteiger partial charge in [0.1, 0.15) is 11.9 Å². The number of likely N-dealkylation sites (tertiary alicyclic amines) is 1. The SMILES string of the molecule is CC(=O)N1CC2CC1c1cc(F)cc(F)c1O2. The van der Waals surface area contributed by atoms with Crippen molar-refractivity contribution in [1.29, 1.82) is 0 Å². The lowest BCUT2D eigenvalue weighted by molar-refractivity contribution is -0.129. The number of rotatable bonds is 0. The molecular formula is C12H11F2NO2. The zero-order valence-corrected chi connectivity index (χ0v) is 9.24. The Morgan fingerprint density at radius 1 is 1.47 bits per heavy atom. The second kappa shape index (κ2) is 3.42. The van der Waals surface area contributed by atoms with Crippen molar-refractivity contribution >= 4 is 5.91 Å². The van der Waals surface area contributed by atoms with Gasteiger partial charge in [-0.25, -0.2) is 8.78 Å². The quantitative estimate of drug-likeness (QED) is 0.693. The molecule has 1 saturated heterocycles. The first-order chi connectivity index (χ1) is 8.06. The van der Waals surface area contributed by atoms with Gasteiger partial charge in [-0.2, -0.15) is 0 Å². The van der Waals surface area contributed by atoms with Crippen LogP contribution in [0.25, 0.3) is 0 Å². The molecule has 0 N–H and O–H groups in total. The normalized spacial score (nSPS) is 25.5. The highest BCUT2D eigenvalue weighted by atomic mass is 19.1. The molecule has 1 aromatic rings. The van der Waals surface area contributed by atoms with Crippen molar-refractivity contribution in [2.45, 2.75) is 25.5 Å². The first-order valence-corrected chi connectivity index (χ1v) is 5.49. The Hall–Kier alpha value is -1.65. The first kappa shape index (κ1) is 10.5. The van der Waals surface area contributed by atoms with E-state index in [1.807, 2.05) is 0 Å². The Morgan fingerprint density at radius 2 is 2.24 bits per heavy atom. The van der Waals surface area contributed by atoms with Crippen LogP contribution in [0.15, 0.2) is 12.1 Å². The summed E-state index contributed by atoms with van der Waals surface area (Å²) < 4.78 is 32.2. The summed E-state index contributed by atoms with van der Waals surface area (Å²) in [4.78, 5) is 13.1. The summed E-state index contributed by atoms with van der Waals surface area (Å²) >= 11 is 0. The second-order valence-electron chi connectivity index (χ2n) is 4.47. The van der Waals surface area contributed by atoms with Gasteiger partial charge in [0.25, 0.3) is 0 Å². The first-order valence-electron chi connectivity index (χ1n) is 5.49. The Balaban J connectivity index is 2.12. The minimum Gasteiger partial charge on any atom is -0.485 e. The molecule has 5 heteroatoms. The van der Waals surface area contributed by atoms with Gasteiger partial charge < -0.3 is 9.64 Å². The maximum atomic E-state index is 13.6. The number of hydrogen-bond acceptors (Lipinski definition) is 2. The van der Waals surface area contributed by atoms with Crippen LogP contribution in [0.3, 0.4) is 0 Å². The summed E-state index contributed by atoms with van der Waals surface area (Å²) in [5.74, 6) is -1.34. The average Bonchev–Trinajstić information content (AvgIpc) is 2.59. The number of hydrogen-bond donors (Lipinski definition) is 0. The maximum absolute atomic E-state index is 13.6. The molecule has 0 aromatic heterocycles. The van der Waals surface area contributed by atoms with Crippen molar-refractivity contribution < 1.29 is 18.3 Å². The number of nitrogens with zero attached hydrogens (tertiary/aromatic N) is 1. The monoisotopic (exact) mass is 239 g/mol. The Kier molecular flexibility index (Phi) is 2.11. The van der Waals surface area contributed by atoms with Crippen LogP contribution < -0.4 is 4.74 Å². The number of fused-ring (bicyclic) bond motifs is 4. The van der Waals surface area contributed by atoms with E-state index in [1.54, 1.807) is 4.90 Å². The fraction of sp³-hybridized carbons (Fsp3) is 0.417. The fourth-order valence-electron chi connectivity index (χ4n) is 2.64. The number of halogens is 2. The van der Waals surface area contributed by atoms with Gasteiger partial charge >= 0.3 is 0 Å². The van der Waals surface area contributed by atoms with Gasteiger partial charge in [0.05, 0.1) is 12.6 Å². The van der Waals surface area contributed by atoms with E-state index in [0.29, 0.717) is 18.5 Å². The summed E-state index contributed by atoms with van der Waals surface area (Å²) in [6.07, 6.45) is 0.423. The summed E-state index contributed by atoms with van der Waals surface area (Å²) in [6, 6.07) is 1.80. The molecule has 2 aliphatic rings. The highest BCUT2D eigenvalue weighted by molar-refractivity contribution is 5.74. The van der Waals surface area contributed by atoms with Gasteiger partial charge in [0.2, 0.25) is 5.91 Å². The van der Waals surface area contributed by atoms with E-state index in [-0.39, 0.29) is 23.8 Å². The van der Waals surface area contributed by atoms with Crippen molar-refractivity contribution in [3.05, 3.63) is 29.3 Å². The van der Waals surface area contributed by atoms with Crippen LogP contribution in [0.5, 0.6) is 5.75 Å². The molecule has 90 valence electrons. The van der Waals surface area contributed by atoms with Crippen molar-refractivity contribution in [2.24, 2.45) is 0 Å². The summed E-state index contributed by atoms with van der Waals surface area (Å²) in [6.45, 7) is 1.89. The number of benzene rings is 1. The topological polar surface area (TPSA) is 29.5 Å². The molecule has 1 fully saturated rings. The Morgan fingerprint density at radius 3 is 2.94 bits per heavy atom. The van der Waals surface area contributed by atoms with Gasteiger partial charge in [-0.15, -0.1) is 0 Å². The minimum atomic E-state index is -0.694. The standard InChI is InChI=1S/C12H11F2NO2/c1-6(16)15-5-8-4-11(15)9-2-7(13)3-10(14)12(9)17-8/h2-3,8,11H,4-5H2,1H3. The molecular weight excluding hydrogens is 228 g/mol. The third-order valence-corrected chi connectivity index (χ3v) is 3.35. The molecule has 2 aliphatic heterocycles. The highest BCUT2D eigenvalue weighted by Gasteiger charge is 2.42. The largest absolute Gasteiger partial charge is 0.485 e. The van der Waals surface area contributed by atoms with E-state index in [2.05, 4.69) is 0 Å².